The number of carbonyl (C=O) groups is 1. The van der Waals surface area contributed by atoms with Crippen LogP contribution < -0.4 is 0 Å². The Labute approximate surface area is 110 Å². The fourth-order valence-electron chi connectivity index (χ4n) is 1.59. The second kappa shape index (κ2) is 5.73. The largest absolute Gasteiger partial charge is 0.461 e. The molecule has 0 saturated carbocycles. The number of ether oxygens (including phenoxy) is 1. The molecule has 0 saturated heterocycles. The third-order valence-electron chi connectivity index (χ3n) is 2.41. The first kappa shape index (κ1) is 12.7. The summed E-state index contributed by atoms with van der Waals surface area (Å²) in [6, 6.07) is 3.89. The highest BCUT2D eigenvalue weighted by molar-refractivity contribution is 7.11. The van der Waals surface area contributed by atoms with Crippen molar-refractivity contribution in [2.75, 3.05) is 6.61 Å². The average Bonchev–Trinajstić information content (AvgIpc) is 2.72. The maximum Gasteiger partial charge on any atom is 0.358 e. The fraction of sp³-hybridized carbons (Fsp3) is 0.308. The Hall–Kier alpha value is -1.75. The molecule has 0 aliphatic rings. The average molecular weight is 262 g/mol. The fourth-order valence-corrected chi connectivity index (χ4v) is 2.55. The molecule has 0 aliphatic heterocycles. The molecule has 0 aliphatic carbocycles. The molecule has 0 N–H and O–H groups in total. The van der Waals surface area contributed by atoms with Gasteiger partial charge in [-0.3, -0.25) is 4.98 Å². The van der Waals surface area contributed by atoms with Crippen LogP contribution in [-0.2, 0) is 11.2 Å². The van der Waals surface area contributed by atoms with E-state index in [0.29, 0.717) is 18.7 Å². The number of thiazole rings is 1. The van der Waals surface area contributed by atoms with Gasteiger partial charge in [0.25, 0.3) is 0 Å². The number of rotatable bonds is 4. The second-order valence-corrected chi connectivity index (χ2v) is 5.05. The van der Waals surface area contributed by atoms with Crippen LogP contribution in [-0.4, -0.2) is 22.5 Å². The van der Waals surface area contributed by atoms with Crippen molar-refractivity contribution in [2.45, 2.75) is 20.3 Å². The maximum atomic E-state index is 11.6. The van der Waals surface area contributed by atoms with Gasteiger partial charge in [-0.1, -0.05) is 0 Å². The molecular weight excluding hydrogens is 248 g/mol. The van der Waals surface area contributed by atoms with Gasteiger partial charge in [0.15, 0.2) is 5.69 Å². The lowest BCUT2D eigenvalue weighted by Crippen LogP contribution is -2.06. The summed E-state index contributed by atoms with van der Waals surface area (Å²) >= 11 is 1.53. The number of hydrogen-bond donors (Lipinski definition) is 0. The minimum atomic E-state index is -0.341. The molecule has 2 aromatic rings. The molecule has 0 radical (unpaired) electrons. The summed E-state index contributed by atoms with van der Waals surface area (Å²) in [6.45, 7) is 4.05. The van der Waals surface area contributed by atoms with E-state index in [-0.39, 0.29) is 5.97 Å². The van der Waals surface area contributed by atoms with Crippen LogP contribution in [0.5, 0.6) is 0 Å². The smallest absolute Gasteiger partial charge is 0.358 e. The Bertz CT molecular complexity index is 537. The quantitative estimate of drug-likeness (QED) is 0.795. The Morgan fingerprint density at radius 2 is 2.11 bits per heavy atom. The van der Waals surface area contributed by atoms with Crippen LogP contribution in [0.3, 0.4) is 0 Å². The first-order valence-corrected chi connectivity index (χ1v) is 6.54. The van der Waals surface area contributed by atoms with Crippen LogP contribution >= 0.6 is 11.3 Å². The van der Waals surface area contributed by atoms with E-state index in [0.717, 1.165) is 15.4 Å². The normalized spacial score (nSPS) is 10.3. The van der Waals surface area contributed by atoms with Crippen molar-refractivity contribution in [1.29, 1.82) is 0 Å². The molecular formula is C13H14N2O2S. The molecule has 2 heterocycles. The van der Waals surface area contributed by atoms with E-state index < -0.39 is 0 Å². The van der Waals surface area contributed by atoms with Crippen molar-refractivity contribution in [3.05, 3.63) is 45.7 Å². The maximum absolute atomic E-state index is 11.6. The molecule has 0 atom stereocenters. The minimum Gasteiger partial charge on any atom is -0.461 e. The van der Waals surface area contributed by atoms with Crippen LogP contribution in [0.2, 0.25) is 0 Å². The van der Waals surface area contributed by atoms with Gasteiger partial charge in [0.1, 0.15) is 0 Å². The SMILES string of the molecule is CCOC(=O)c1nc(Cc2ccncc2)sc1C. The van der Waals surface area contributed by atoms with Gasteiger partial charge in [-0.15, -0.1) is 11.3 Å². The van der Waals surface area contributed by atoms with Gasteiger partial charge in [0.2, 0.25) is 0 Å². The highest BCUT2D eigenvalue weighted by atomic mass is 32.1. The van der Waals surface area contributed by atoms with Crippen LogP contribution in [0.1, 0.15) is 32.9 Å². The summed E-state index contributed by atoms with van der Waals surface area (Å²) in [6.07, 6.45) is 4.22. The number of aryl methyl sites for hydroxylation is 1. The van der Waals surface area contributed by atoms with E-state index in [2.05, 4.69) is 9.97 Å². The number of aromatic nitrogens is 2. The molecule has 94 valence electrons. The highest BCUT2D eigenvalue weighted by Gasteiger charge is 2.16. The number of pyridine rings is 1. The minimum absolute atomic E-state index is 0.341. The molecule has 2 rings (SSSR count). The molecule has 2 aromatic heterocycles. The first-order chi connectivity index (χ1) is 8.70. The summed E-state index contributed by atoms with van der Waals surface area (Å²) in [7, 11) is 0. The Morgan fingerprint density at radius 1 is 1.39 bits per heavy atom. The van der Waals surface area contributed by atoms with Crippen LogP contribution in [0.4, 0.5) is 0 Å². The van der Waals surface area contributed by atoms with Crippen LogP contribution in [0, 0.1) is 6.92 Å². The number of hydrogen-bond acceptors (Lipinski definition) is 5. The molecule has 0 spiro atoms. The lowest BCUT2D eigenvalue weighted by molar-refractivity contribution is 0.0519. The lowest BCUT2D eigenvalue weighted by atomic mass is 10.2. The molecule has 0 unspecified atom stereocenters. The predicted octanol–water partition coefficient (Wildman–Crippen LogP) is 2.61. The van der Waals surface area contributed by atoms with E-state index in [1.807, 2.05) is 19.1 Å². The molecule has 0 fully saturated rings. The molecule has 0 aromatic carbocycles. The summed E-state index contributed by atoms with van der Waals surface area (Å²) in [5, 5.41) is 0.918. The van der Waals surface area contributed by atoms with E-state index in [1.165, 1.54) is 11.3 Å². The van der Waals surface area contributed by atoms with Gasteiger partial charge in [-0.2, -0.15) is 0 Å². The van der Waals surface area contributed by atoms with Gasteiger partial charge >= 0.3 is 5.97 Å². The number of carbonyl (C=O) groups excluding carboxylic acids is 1. The van der Waals surface area contributed by atoms with E-state index in [1.54, 1.807) is 19.3 Å². The highest BCUT2D eigenvalue weighted by Crippen LogP contribution is 2.20. The molecule has 18 heavy (non-hydrogen) atoms. The summed E-state index contributed by atoms with van der Waals surface area (Å²) in [4.78, 5) is 20.9. The summed E-state index contributed by atoms with van der Waals surface area (Å²) < 4.78 is 4.97. The van der Waals surface area contributed by atoms with E-state index in [9.17, 15) is 4.79 Å². The zero-order valence-corrected chi connectivity index (χ0v) is 11.2. The van der Waals surface area contributed by atoms with Crippen molar-refractivity contribution < 1.29 is 9.53 Å². The predicted molar refractivity (Wildman–Crippen MR) is 69.9 cm³/mol. The van der Waals surface area contributed by atoms with Gasteiger partial charge in [0, 0.05) is 23.7 Å². The Balaban J connectivity index is 2.16. The first-order valence-electron chi connectivity index (χ1n) is 5.73. The second-order valence-electron chi connectivity index (χ2n) is 3.77. The number of esters is 1. The van der Waals surface area contributed by atoms with Crippen molar-refractivity contribution in [3.63, 3.8) is 0 Å². The molecule has 4 nitrogen and oxygen atoms in total. The van der Waals surface area contributed by atoms with Crippen molar-refractivity contribution >= 4 is 17.3 Å². The van der Waals surface area contributed by atoms with Crippen molar-refractivity contribution in [2.24, 2.45) is 0 Å². The summed E-state index contributed by atoms with van der Waals surface area (Å²) in [5.41, 5.74) is 1.57. The van der Waals surface area contributed by atoms with Gasteiger partial charge in [0.05, 0.1) is 11.6 Å². The van der Waals surface area contributed by atoms with Crippen molar-refractivity contribution in [1.82, 2.24) is 9.97 Å². The Morgan fingerprint density at radius 3 is 2.78 bits per heavy atom. The van der Waals surface area contributed by atoms with E-state index >= 15 is 0 Å². The van der Waals surface area contributed by atoms with Crippen LogP contribution in [0.25, 0.3) is 0 Å². The van der Waals surface area contributed by atoms with E-state index in [4.69, 9.17) is 4.74 Å². The zero-order chi connectivity index (χ0) is 13.0. The molecule has 0 amide bonds. The van der Waals surface area contributed by atoms with Gasteiger partial charge in [-0.05, 0) is 31.5 Å². The summed E-state index contributed by atoms with van der Waals surface area (Å²) in [5.74, 6) is -0.341. The lowest BCUT2D eigenvalue weighted by Gasteiger charge is -1.98. The third kappa shape index (κ3) is 2.92. The van der Waals surface area contributed by atoms with Gasteiger partial charge in [-0.25, -0.2) is 9.78 Å². The monoisotopic (exact) mass is 262 g/mol. The molecule has 0 bridgehead atoms. The third-order valence-corrected chi connectivity index (χ3v) is 3.39. The van der Waals surface area contributed by atoms with Crippen LogP contribution in [0.15, 0.2) is 24.5 Å². The number of nitrogens with zero attached hydrogens (tertiary/aromatic N) is 2. The zero-order valence-electron chi connectivity index (χ0n) is 10.3. The van der Waals surface area contributed by atoms with Gasteiger partial charge < -0.3 is 4.74 Å². The van der Waals surface area contributed by atoms with Crippen molar-refractivity contribution in [3.8, 4) is 0 Å². The molecule has 5 heteroatoms. The topological polar surface area (TPSA) is 52.1 Å². The standard InChI is InChI=1S/C13H14N2O2S/c1-3-17-13(16)12-9(2)18-11(15-12)8-10-4-6-14-7-5-10/h4-7H,3,8H2,1-2H3. The Kier molecular flexibility index (Phi) is 4.04.